The number of carbonyl (C=O) groups excluding carboxylic acids is 1. The summed E-state index contributed by atoms with van der Waals surface area (Å²) in [5, 5.41) is 2.80. The Hall–Kier alpha value is -2.04. The molecule has 0 radical (unpaired) electrons. The van der Waals surface area contributed by atoms with E-state index in [1.807, 2.05) is 6.07 Å². The minimum atomic E-state index is -0.00418. The van der Waals surface area contributed by atoms with Crippen molar-refractivity contribution in [3.05, 3.63) is 30.3 Å². The fraction of sp³-hybridized carbons (Fsp3) is 0.385. The number of nitrogens with zero attached hydrogens (tertiary/aromatic N) is 3. The van der Waals surface area contributed by atoms with Crippen LogP contribution in [0.3, 0.4) is 0 Å². The summed E-state index contributed by atoms with van der Waals surface area (Å²) in [6.45, 7) is 3.98. The van der Waals surface area contributed by atoms with E-state index in [1.165, 1.54) is 5.69 Å². The van der Waals surface area contributed by atoms with Crippen LogP contribution in [-0.2, 0) is 4.79 Å². The number of hydrogen-bond donors (Lipinski definition) is 1. The Balaban J connectivity index is 1.60. The molecular formula is C13H16N4O. The predicted molar refractivity (Wildman–Crippen MR) is 70.7 cm³/mol. The fourth-order valence-electron chi connectivity index (χ4n) is 2.34. The summed E-state index contributed by atoms with van der Waals surface area (Å²) in [6.07, 6.45) is 0. The standard InChI is InChI=1S/C13H16N4O/c18-12-10-14-13(15-12)17-8-6-16(7-9-17)11-4-2-1-3-5-11/h1-5H,6-10H2,(H,14,15,18). The molecule has 5 nitrogen and oxygen atoms in total. The number of amides is 1. The van der Waals surface area contributed by atoms with Gasteiger partial charge in [0.15, 0.2) is 0 Å². The first-order chi connectivity index (χ1) is 8.83. The Labute approximate surface area is 106 Å². The van der Waals surface area contributed by atoms with Crippen LogP contribution in [0.2, 0.25) is 0 Å². The number of carbonyl (C=O) groups is 1. The van der Waals surface area contributed by atoms with Crippen molar-refractivity contribution in [3.63, 3.8) is 0 Å². The molecule has 2 aliphatic heterocycles. The van der Waals surface area contributed by atoms with Crippen LogP contribution in [0.4, 0.5) is 5.69 Å². The van der Waals surface area contributed by atoms with Crippen molar-refractivity contribution in [2.75, 3.05) is 37.6 Å². The lowest BCUT2D eigenvalue weighted by molar-refractivity contribution is -0.117. The Morgan fingerprint density at radius 3 is 2.28 bits per heavy atom. The van der Waals surface area contributed by atoms with E-state index in [2.05, 4.69) is 44.4 Å². The lowest BCUT2D eigenvalue weighted by Gasteiger charge is -2.36. The van der Waals surface area contributed by atoms with Gasteiger partial charge in [-0.25, -0.2) is 4.99 Å². The van der Waals surface area contributed by atoms with Crippen LogP contribution in [0.5, 0.6) is 0 Å². The van der Waals surface area contributed by atoms with E-state index in [4.69, 9.17) is 0 Å². The van der Waals surface area contributed by atoms with Gasteiger partial charge in [0.2, 0.25) is 11.9 Å². The number of benzene rings is 1. The van der Waals surface area contributed by atoms with Crippen LogP contribution in [0.15, 0.2) is 35.3 Å². The van der Waals surface area contributed by atoms with Gasteiger partial charge in [-0.3, -0.25) is 10.1 Å². The molecular weight excluding hydrogens is 228 g/mol. The van der Waals surface area contributed by atoms with Gasteiger partial charge in [-0.15, -0.1) is 0 Å². The molecule has 94 valence electrons. The van der Waals surface area contributed by atoms with Gasteiger partial charge >= 0.3 is 0 Å². The maximum absolute atomic E-state index is 11.1. The maximum atomic E-state index is 11.1. The summed E-state index contributed by atoms with van der Waals surface area (Å²) in [5.41, 5.74) is 1.26. The zero-order valence-electron chi connectivity index (χ0n) is 10.2. The molecule has 0 unspecified atom stereocenters. The topological polar surface area (TPSA) is 47.9 Å². The number of anilines is 1. The number of rotatable bonds is 1. The maximum Gasteiger partial charge on any atom is 0.248 e. The Bertz CT molecular complexity index is 463. The highest BCUT2D eigenvalue weighted by atomic mass is 16.2. The van der Waals surface area contributed by atoms with E-state index >= 15 is 0 Å². The summed E-state index contributed by atoms with van der Waals surface area (Å²) >= 11 is 0. The molecule has 1 saturated heterocycles. The van der Waals surface area contributed by atoms with Gasteiger partial charge in [0.25, 0.3) is 0 Å². The third-order valence-electron chi connectivity index (χ3n) is 3.32. The first kappa shape index (κ1) is 11.1. The molecule has 0 aromatic heterocycles. The Kier molecular flexibility index (Phi) is 2.88. The van der Waals surface area contributed by atoms with Gasteiger partial charge in [0, 0.05) is 31.9 Å². The predicted octanol–water partition coefficient (Wildman–Crippen LogP) is 0.294. The van der Waals surface area contributed by atoms with Gasteiger partial charge < -0.3 is 9.80 Å². The second kappa shape index (κ2) is 4.68. The zero-order valence-corrected chi connectivity index (χ0v) is 10.2. The monoisotopic (exact) mass is 244 g/mol. The van der Waals surface area contributed by atoms with Crippen molar-refractivity contribution < 1.29 is 4.79 Å². The van der Waals surface area contributed by atoms with E-state index in [9.17, 15) is 4.79 Å². The third kappa shape index (κ3) is 2.16. The van der Waals surface area contributed by atoms with Gasteiger partial charge in [-0.2, -0.15) is 0 Å². The van der Waals surface area contributed by atoms with Crippen molar-refractivity contribution in [2.24, 2.45) is 4.99 Å². The van der Waals surface area contributed by atoms with Crippen molar-refractivity contribution in [2.45, 2.75) is 0 Å². The molecule has 2 aliphatic rings. The van der Waals surface area contributed by atoms with E-state index in [-0.39, 0.29) is 12.5 Å². The van der Waals surface area contributed by atoms with Gasteiger partial charge in [-0.05, 0) is 12.1 Å². The highest BCUT2D eigenvalue weighted by Crippen LogP contribution is 2.15. The number of aliphatic imine (C=N–C) groups is 1. The van der Waals surface area contributed by atoms with E-state index in [0.29, 0.717) is 0 Å². The normalized spacial score (nSPS) is 19.8. The number of piperazine rings is 1. The second-order valence-corrected chi connectivity index (χ2v) is 4.50. The summed E-state index contributed by atoms with van der Waals surface area (Å²) in [6, 6.07) is 10.4. The molecule has 1 aromatic rings. The molecule has 0 saturated carbocycles. The lowest BCUT2D eigenvalue weighted by Crippen LogP contribution is -2.52. The summed E-state index contributed by atoms with van der Waals surface area (Å²) in [4.78, 5) is 19.8. The van der Waals surface area contributed by atoms with Crippen LogP contribution in [0.25, 0.3) is 0 Å². The van der Waals surface area contributed by atoms with Gasteiger partial charge in [0.05, 0.1) is 0 Å². The molecule has 1 N–H and O–H groups in total. The number of hydrogen-bond acceptors (Lipinski definition) is 4. The fourth-order valence-corrected chi connectivity index (χ4v) is 2.34. The smallest absolute Gasteiger partial charge is 0.248 e. The van der Waals surface area contributed by atoms with Crippen LogP contribution in [0, 0.1) is 0 Å². The summed E-state index contributed by atoms with van der Waals surface area (Å²) in [5.74, 6) is 0.739. The van der Waals surface area contributed by atoms with Crippen LogP contribution < -0.4 is 10.2 Å². The molecule has 0 bridgehead atoms. The average Bonchev–Trinajstić information content (AvgIpc) is 2.87. The molecule has 0 aliphatic carbocycles. The van der Waals surface area contributed by atoms with Gasteiger partial charge in [-0.1, -0.05) is 18.2 Å². The first-order valence-corrected chi connectivity index (χ1v) is 6.22. The average molecular weight is 244 g/mol. The van der Waals surface area contributed by atoms with Crippen molar-refractivity contribution in [1.29, 1.82) is 0 Å². The van der Waals surface area contributed by atoms with Crippen LogP contribution >= 0.6 is 0 Å². The zero-order chi connectivity index (χ0) is 12.4. The van der Waals surface area contributed by atoms with Crippen molar-refractivity contribution in [3.8, 4) is 0 Å². The SMILES string of the molecule is O=C1CN=C(N2CCN(c3ccccc3)CC2)N1. The second-order valence-electron chi connectivity index (χ2n) is 4.50. The Morgan fingerprint density at radius 1 is 1.00 bits per heavy atom. The Morgan fingerprint density at radius 2 is 1.67 bits per heavy atom. The molecule has 2 heterocycles. The molecule has 1 amide bonds. The largest absolute Gasteiger partial charge is 0.368 e. The van der Waals surface area contributed by atoms with Crippen molar-refractivity contribution >= 4 is 17.6 Å². The molecule has 1 fully saturated rings. The first-order valence-electron chi connectivity index (χ1n) is 6.22. The molecule has 0 spiro atoms. The van der Waals surface area contributed by atoms with Crippen molar-refractivity contribution in [1.82, 2.24) is 10.2 Å². The van der Waals surface area contributed by atoms with E-state index in [1.54, 1.807) is 0 Å². The quantitative estimate of drug-likeness (QED) is 0.772. The van der Waals surface area contributed by atoms with E-state index < -0.39 is 0 Å². The number of para-hydroxylation sites is 1. The minimum absolute atomic E-state index is 0.00418. The molecule has 3 rings (SSSR count). The molecule has 18 heavy (non-hydrogen) atoms. The highest BCUT2D eigenvalue weighted by molar-refractivity contribution is 6.02. The molecule has 1 aromatic carbocycles. The van der Waals surface area contributed by atoms with Gasteiger partial charge in [0.1, 0.15) is 6.54 Å². The van der Waals surface area contributed by atoms with Crippen LogP contribution in [-0.4, -0.2) is 49.5 Å². The summed E-state index contributed by atoms with van der Waals surface area (Å²) in [7, 11) is 0. The molecule has 0 atom stereocenters. The third-order valence-corrected chi connectivity index (χ3v) is 3.32. The summed E-state index contributed by atoms with van der Waals surface area (Å²) < 4.78 is 0. The lowest BCUT2D eigenvalue weighted by atomic mass is 10.2. The number of nitrogens with one attached hydrogen (secondary N) is 1. The molecule has 5 heteroatoms. The van der Waals surface area contributed by atoms with Crippen LogP contribution in [0.1, 0.15) is 0 Å². The number of guanidine groups is 1. The highest BCUT2D eigenvalue weighted by Gasteiger charge is 2.23. The minimum Gasteiger partial charge on any atom is -0.368 e. The van der Waals surface area contributed by atoms with E-state index in [0.717, 1.165) is 32.1 Å².